The lowest BCUT2D eigenvalue weighted by Crippen LogP contribution is -1.71. The fraction of sp³-hybridized carbons (Fsp3) is 0.400. The van der Waals surface area contributed by atoms with Crippen molar-refractivity contribution < 1.29 is 0 Å². The molecule has 0 aliphatic carbocycles. The van der Waals surface area contributed by atoms with Crippen LogP contribution in [0.15, 0.2) is 34.9 Å². The van der Waals surface area contributed by atoms with Crippen LogP contribution in [0.25, 0.3) is 0 Å². The number of hydrogen-bond acceptors (Lipinski definition) is 0. The molecule has 62 valence electrons. The van der Waals surface area contributed by atoms with Crippen LogP contribution < -0.4 is 0 Å². The van der Waals surface area contributed by atoms with Gasteiger partial charge in [0.05, 0.1) is 0 Å². The van der Waals surface area contributed by atoms with E-state index in [9.17, 15) is 0 Å². The molecule has 0 unspecified atom stereocenters. The van der Waals surface area contributed by atoms with Gasteiger partial charge in [0, 0.05) is 5.03 Å². The van der Waals surface area contributed by atoms with E-state index in [0.717, 1.165) is 11.5 Å². The van der Waals surface area contributed by atoms with E-state index in [1.54, 1.807) is 0 Å². The molecular weight excluding hydrogens is 156 g/mol. The Morgan fingerprint density at radius 2 is 2.09 bits per heavy atom. The molecule has 0 amide bonds. The Balaban J connectivity index is 4.14. The van der Waals surface area contributed by atoms with Gasteiger partial charge in [-0.25, -0.2) is 0 Å². The summed E-state index contributed by atoms with van der Waals surface area (Å²) in [6.07, 6.45) is 8.82. The maximum absolute atomic E-state index is 5.87. The summed E-state index contributed by atoms with van der Waals surface area (Å²) in [5, 5.41) is 0.794. The molecule has 0 saturated carbocycles. The molecule has 0 aromatic heterocycles. The van der Waals surface area contributed by atoms with E-state index in [2.05, 4.69) is 13.8 Å². The molecule has 0 aliphatic heterocycles. The Labute approximate surface area is 74.3 Å². The molecule has 0 saturated heterocycles. The molecule has 0 nitrogen and oxygen atoms in total. The summed E-state index contributed by atoms with van der Waals surface area (Å²) in [6, 6.07) is 0. The van der Waals surface area contributed by atoms with Crippen LogP contribution in [0, 0.1) is 0 Å². The molecule has 1 heteroatoms. The summed E-state index contributed by atoms with van der Waals surface area (Å²) < 4.78 is 0. The van der Waals surface area contributed by atoms with Crippen molar-refractivity contribution in [3.8, 4) is 0 Å². The third kappa shape index (κ3) is 5.93. The van der Waals surface area contributed by atoms with E-state index in [0.29, 0.717) is 0 Å². The van der Waals surface area contributed by atoms with Gasteiger partial charge < -0.3 is 0 Å². The predicted molar refractivity (Wildman–Crippen MR) is 52.8 cm³/mol. The molecule has 0 bridgehead atoms. The second-order valence-electron chi connectivity index (χ2n) is 2.42. The fourth-order valence-electron chi connectivity index (χ4n) is 0.574. The van der Waals surface area contributed by atoms with Gasteiger partial charge in [0.15, 0.2) is 0 Å². The molecule has 0 aromatic rings. The topological polar surface area (TPSA) is 0 Å². The third-order valence-corrected chi connectivity index (χ3v) is 1.62. The zero-order valence-electron chi connectivity index (χ0n) is 7.39. The van der Waals surface area contributed by atoms with Crippen LogP contribution >= 0.6 is 11.6 Å². The van der Waals surface area contributed by atoms with E-state index in [1.807, 2.05) is 31.2 Å². The van der Waals surface area contributed by atoms with Gasteiger partial charge in [0.1, 0.15) is 0 Å². The van der Waals surface area contributed by atoms with Gasteiger partial charge in [-0.2, -0.15) is 0 Å². The van der Waals surface area contributed by atoms with Crippen LogP contribution in [0.1, 0.15) is 27.2 Å². The monoisotopic (exact) mass is 170 g/mol. The van der Waals surface area contributed by atoms with Gasteiger partial charge in [-0.1, -0.05) is 36.2 Å². The van der Waals surface area contributed by atoms with Gasteiger partial charge in [0.25, 0.3) is 0 Å². The molecule has 0 aliphatic rings. The van der Waals surface area contributed by atoms with E-state index < -0.39 is 0 Å². The summed E-state index contributed by atoms with van der Waals surface area (Å²) >= 11 is 5.87. The standard InChI is InChI=1S/C10H15Cl/c1-4-6-7-10(11)8-9(3)5-2/h4,6-8H,5H2,1-3H3/b6-4+,9-8+,10-7+. The summed E-state index contributed by atoms with van der Waals surface area (Å²) in [5.74, 6) is 0. The van der Waals surface area contributed by atoms with Crippen molar-refractivity contribution in [1.82, 2.24) is 0 Å². The Hall–Kier alpha value is -0.490. The molecule has 0 fully saturated rings. The normalized spacial score (nSPS) is 14.5. The van der Waals surface area contributed by atoms with E-state index in [4.69, 9.17) is 11.6 Å². The van der Waals surface area contributed by atoms with Crippen LogP contribution in [0.2, 0.25) is 0 Å². The molecule has 0 aromatic carbocycles. The number of halogens is 1. The highest BCUT2D eigenvalue weighted by molar-refractivity contribution is 6.31. The predicted octanol–water partition coefficient (Wildman–Crippen LogP) is 4.04. The Bertz CT molecular complexity index is 185. The minimum atomic E-state index is 0.794. The highest BCUT2D eigenvalue weighted by Gasteiger charge is 1.85. The molecule has 0 heterocycles. The van der Waals surface area contributed by atoms with Crippen molar-refractivity contribution in [2.45, 2.75) is 27.2 Å². The quantitative estimate of drug-likeness (QED) is 0.561. The van der Waals surface area contributed by atoms with Gasteiger partial charge in [0.2, 0.25) is 0 Å². The summed E-state index contributed by atoms with van der Waals surface area (Å²) in [4.78, 5) is 0. The second kappa shape index (κ2) is 6.23. The SMILES string of the molecule is C/C=C/C=C(Cl)\C=C(/C)CC. The third-order valence-electron chi connectivity index (χ3n) is 1.39. The van der Waals surface area contributed by atoms with E-state index in [-0.39, 0.29) is 0 Å². The zero-order valence-corrected chi connectivity index (χ0v) is 8.15. The number of hydrogen-bond donors (Lipinski definition) is 0. The summed E-state index contributed by atoms with van der Waals surface area (Å²) in [7, 11) is 0. The average Bonchev–Trinajstić information content (AvgIpc) is 2.00. The largest absolute Gasteiger partial charge is 0.0876 e. The van der Waals surface area contributed by atoms with Crippen LogP contribution in [0.5, 0.6) is 0 Å². The molecule has 0 radical (unpaired) electrons. The minimum Gasteiger partial charge on any atom is -0.0876 e. The van der Waals surface area contributed by atoms with Gasteiger partial charge in [-0.15, -0.1) is 0 Å². The second-order valence-corrected chi connectivity index (χ2v) is 2.86. The van der Waals surface area contributed by atoms with E-state index >= 15 is 0 Å². The molecule has 0 spiro atoms. The Morgan fingerprint density at radius 3 is 2.55 bits per heavy atom. The first-order valence-corrected chi connectivity index (χ1v) is 4.24. The van der Waals surface area contributed by atoms with Crippen LogP contribution in [-0.4, -0.2) is 0 Å². The lowest BCUT2D eigenvalue weighted by molar-refractivity contribution is 1.10. The van der Waals surface area contributed by atoms with Crippen molar-refractivity contribution in [3.63, 3.8) is 0 Å². The lowest BCUT2D eigenvalue weighted by Gasteiger charge is -1.92. The number of rotatable bonds is 3. The average molecular weight is 171 g/mol. The molecular formula is C10H15Cl. The smallest absolute Gasteiger partial charge is 0.0405 e. The minimum absolute atomic E-state index is 0.794. The van der Waals surface area contributed by atoms with Crippen LogP contribution in [-0.2, 0) is 0 Å². The maximum atomic E-state index is 5.87. The molecule has 0 atom stereocenters. The highest BCUT2D eigenvalue weighted by atomic mass is 35.5. The first-order chi connectivity index (χ1) is 5.20. The van der Waals surface area contributed by atoms with Crippen molar-refractivity contribution in [1.29, 1.82) is 0 Å². The lowest BCUT2D eigenvalue weighted by atomic mass is 10.2. The van der Waals surface area contributed by atoms with Crippen molar-refractivity contribution in [3.05, 3.63) is 34.9 Å². The number of allylic oxidation sites excluding steroid dienone is 6. The Morgan fingerprint density at radius 1 is 1.45 bits per heavy atom. The van der Waals surface area contributed by atoms with Crippen molar-refractivity contribution in [2.75, 3.05) is 0 Å². The van der Waals surface area contributed by atoms with Gasteiger partial charge in [-0.3, -0.25) is 0 Å². The van der Waals surface area contributed by atoms with Crippen molar-refractivity contribution >= 4 is 11.6 Å². The summed E-state index contributed by atoms with van der Waals surface area (Å²) in [6.45, 7) is 6.16. The van der Waals surface area contributed by atoms with E-state index in [1.165, 1.54) is 5.57 Å². The first kappa shape index (κ1) is 10.5. The first-order valence-electron chi connectivity index (χ1n) is 3.86. The highest BCUT2D eigenvalue weighted by Crippen LogP contribution is 2.09. The Kier molecular flexibility index (Phi) is 5.96. The van der Waals surface area contributed by atoms with Crippen LogP contribution in [0.4, 0.5) is 0 Å². The zero-order chi connectivity index (χ0) is 8.69. The molecule has 11 heavy (non-hydrogen) atoms. The fourth-order valence-corrected chi connectivity index (χ4v) is 0.833. The van der Waals surface area contributed by atoms with Gasteiger partial charge >= 0.3 is 0 Å². The molecule has 0 N–H and O–H groups in total. The molecule has 0 rings (SSSR count). The van der Waals surface area contributed by atoms with Crippen molar-refractivity contribution in [2.24, 2.45) is 0 Å². The summed E-state index contributed by atoms with van der Waals surface area (Å²) in [5.41, 5.74) is 1.30. The maximum Gasteiger partial charge on any atom is 0.0405 e. The van der Waals surface area contributed by atoms with Crippen LogP contribution in [0.3, 0.4) is 0 Å². The van der Waals surface area contributed by atoms with Gasteiger partial charge in [-0.05, 0) is 32.4 Å².